The molecule has 5 nitrogen and oxygen atoms in total. The van der Waals surface area contributed by atoms with Crippen molar-refractivity contribution >= 4 is 0 Å². The predicted molar refractivity (Wildman–Crippen MR) is 78.4 cm³/mol. The Labute approximate surface area is 119 Å². The number of rotatable bonds is 7. The first-order chi connectivity index (χ1) is 9.74. The van der Waals surface area contributed by atoms with Crippen LogP contribution >= 0.6 is 0 Å². The Kier molecular flexibility index (Phi) is 5.26. The van der Waals surface area contributed by atoms with Crippen molar-refractivity contribution in [1.29, 1.82) is 0 Å². The van der Waals surface area contributed by atoms with E-state index in [0.29, 0.717) is 13.2 Å². The van der Waals surface area contributed by atoms with Crippen LogP contribution in [-0.2, 0) is 30.7 Å². The highest BCUT2D eigenvalue weighted by Gasteiger charge is 2.10. The molecule has 2 aromatic rings. The normalized spacial score (nSPS) is 10.9. The lowest BCUT2D eigenvalue weighted by molar-refractivity contribution is 0.185. The quantitative estimate of drug-likeness (QED) is 0.830. The highest BCUT2D eigenvalue weighted by molar-refractivity contribution is 5.21. The number of ether oxygens (including phenoxy) is 1. The molecule has 20 heavy (non-hydrogen) atoms. The summed E-state index contributed by atoms with van der Waals surface area (Å²) in [5, 5.41) is 8.40. The molecule has 0 saturated heterocycles. The molecule has 0 aliphatic heterocycles. The van der Waals surface area contributed by atoms with Crippen molar-refractivity contribution in [2.75, 3.05) is 13.7 Å². The zero-order valence-electron chi connectivity index (χ0n) is 12.2. The van der Waals surface area contributed by atoms with E-state index in [4.69, 9.17) is 10.5 Å². The van der Waals surface area contributed by atoms with E-state index in [1.54, 1.807) is 7.11 Å². The van der Waals surface area contributed by atoms with Gasteiger partial charge >= 0.3 is 0 Å². The largest absolute Gasteiger partial charge is 0.383 e. The molecule has 0 amide bonds. The smallest absolute Gasteiger partial charge is 0.146 e. The Bertz CT molecular complexity index is 533. The monoisotopic (exact) mass is 274 g/mol. The zero-order valence-corrected chi connectivity index (χ0v) is 12.2. The first-order valence-electron chi connectivity index (χ1n) is 6.90. The van der Waals surface area contributed by atoms with Gasteiger partial charge in [0, 0.05) is 20.1 Å². The molecule has 0 aliphatic rings. The SMILES string of the molecule is COCCn1c(CN)nnc1CCc1ccc(C)cc1. The molecule has 0 spiro atoms. The fourth-order valence-electron chi connectivity index (χ4n) is 2.16. The van der Waals surface area contributed by atoms with E-state index in [0.717, 1.165) is 31.0 Å². The number of benzene rings is 1. The van der Waals surface area contributed by atoms with Crippen LogP contribution in [0.4, 0.5) is 0 Å². The van der Waals surface area contributed by atoms with Crippen molar-refractivity contribution in [3.8, 4) is 0 Å². The minimum atomic E-state index is 0.404. The summed E-state index contributed by atoms with van der Waals surface area (Å²) in [7, 11) is 1.69. The second kappa shape index (κ2) is 7.17. The molecular formula is C15H22N4O. The Morgan fingerprint density at radius 3 is 2.45 bits per heavy atom. The van der Waals surface area contributed by atoms with Crippen molar-refractivity contribution in [2.24, 2.45) is 5.73 Å². The zero-order chi connectivity index (χ0) is 14.4. The molecule has 0 aliphatic carbocycles. The Balaban J connectivity index is 2.04. The van der Waals surface area contributed by atoms with Crippen LogP contribution in [0.15, 0.2) is 24.3 Å². The summed E-state index contributed by atoms with van der Waals surface area (Å²) in [6.07, 6.45) is 1.82. The van der Waals surface area contributed by atoms with Gasteiger partial charge in [0.25, 0.3) is 0 Å². The van der Waals surface area contributed by atoms with Gasteiger partial charge in [-0.15, -0.1) is 10.2 Å². The molecule has 2 N–H and O–H groups in total. The maximum absolute atomic E-state index is 5.70. The summed E-state index contributed by atoms with van der Waals surface area (Å²) in [5.41, 5.74) is 8.29. The molecule has 1 aromatic heterocycles. The fraction of sp³-hybridized carbons (Fsp3) is 0.467. The molecule has 108 valence electrons. The molecule has 5 heteroatoms. The van der Waals surface area contributed by atoms with Gasteiger partial charge in [-0.25, -0.2) is 0 Å². The van der Waals surface area contributed by atoms with E-state index in [2.05, 4.69) is 46.0 Å². The van der Waals surface area contributed by atoms with Gasteiger partial charge in [-0.1, -0.05) is 29.8 Å². The van der Waals surface area contributed by atoms with Crippen LogP contribution in [0.3, 0.4) is 0 Å². The predicted octanol–water partition coefficient (Wildman–Crippen LogP) is 1.48. The number of hydrogen-bond donors (Lipinski definition) is 1. The van der Waals surface area contributed by atoms with Gasteiger partial charge in [0.05, 0.1) is 13.2 Å². The molecule has 0 atom stereocenters. The standard InChI is InChI=1S/C15H22N4O/c1-12-3-5-13(6-4-12)7-8-14-17-18-15(11-16)19(14)9-10-20-2/h3-6H,7-11,16H2,1-2H3. The molecule has 0 fully saturated rings. The lowest BCUT2D eigenvalue weighted by Gasteiger charge is -2.09. The van der Waals surface area contributed by atoms with Gasteiger partial charge in [-0.3, -0.25) is 0 Å². The van der Waals surface area contributed by atoms with Crippen molar-refractivity contribution in [1.82, 2.24) is 14.8 Å². The van der Waals surface area contributed by atoms with Gasteiger partial charge in [0.2, 0.25) is 0 Å². The highest BCUT2D eigenvalue weighted by Crippen LogP contribution is 2.09. The summed E-state index contributed by atoms with van der Waals surface area (Å²) in [6.45, 7) is 3.89. The molecule has 1 heterocycles. The van der Waals surface area contributed by atoms with E-state index in [1.165, 1.54) is 11.1 Å². The Morgan fingerprint density at radius 2 is 1.80 bits per heavy atom. The van der Waals surface area contributed by atoms with Crippen molar-refractivity contribution in [2.45, 2.75) is 32.9 Å². The number of hydrogen-bond acceptors (Lipinski definition) is 4. The first-order valence-corrected chi connectivity index (χ1v) is 6.90. The minimum Gasteiger partial charge on any atom is -0.383 e. The Morgan fingerprint density at radius 1 is 1.10 bits per heavy atom. The van der Waals surface area contributed by atoms with Crippen molar-refractivity contribution < 1.29 is 4.74 Å². The third-order valence-electron chi connectivity index (χ3n) is 3.36. The number of nitrogens with zero attached hydrogens (tertiary/aromatic N) is 3. The van der Waals surface area contributed by atoms with Gasteiger partial charge in [0.15, 0.2) is 0 Å². The number of nitrogens with two attached hydrogens (primary N) is 1. The average molecular weight is 274 g/mol. The van der Waals surface area contributed by atoms with E-state index < -0.39 is 0 Å². The summed E-state index contributed by atoms with van der Waals surface area (Å²) in [5.74, 6) is 1.80. The summed E-state index contributed by atoms with van der Waals surface area (Å²) >= 11 is 0. The maximum Gasteiger partial charge on any atom is 0.146 e. The molecule has 0 saturated carbocycles. The summed E-state index contributed by atoms with van der Waals surface area (Å²) < 4.78 is 7.20. The van der Waals surface area contributed by atoms with E-state index in [-0.39, 0.29) is 0 Å². The Hall–Kier alpha value is -1.72. The number of aryl methyl sites for hydroxylation is 3. The van der Waals surface area contributed by atoms with Gasteiger partial charge < -0.3 is 15.0 Å². The lowest BCUT2D eigenvalue weighted by Crippen LogP contribution is -2.14. The first kappa shape index (κ1) is 14.7. The van der Waals surface area contributed by atoms with Crippen molar-refractivity contribution in [3.63, 3.8) is 0 Å². The van der Waals surface area contributed by atoms with Gasteiger partial charge in [0.1, 0.15) is 11.6 Å². The number of methoxy groups -OCH3 is 1. The molecule has 0 radical (unpaired) electrons. The van der Waals surface area contributed by atoms with Crippen LogP contribution in [0.1, 0.15) is 22.8 Å². The minimum absolute atomic E-state index is 0.404. The van der Waals surface area contributed by atoms with E-state index in [9.17, 15) is 0 Å². The molecule has 0 unspecified atom stereocenters. The van der Waals surface area contributed by atoms with E-state index >= 15 is 0 Å². The van der Waals surface area contributed by atoms with E-state index in [1.807, 2.05) is 0 Å². The second-order valence-corrected chi connectivity index (χ2v) is 4.87. The lowest BCUT2D eigenvalue weighted by atomic mass is 10.1. The third kappa shape index (κ3) is 3.65. The highest BCUT2D eigenvalue weighted by atomic mass is 16.5. The molecular weight excluding hydrogens is 252 g/mol. The van der Waals surface area contributed by atoms with Crippen LogP contribution in [-0.4, -0.2) is 28.5 Å². The molecule has 0 bridgehead atoms. The fourth-order valence-corrected chi connectivity index (χ4v) is 2.16. The number of aromatic nitrogens is 3. The molecule has 2 rings (SSSR count). The topological polar surface area (TPSA) is 66.0 Å². The maximum atomic E-state index is 5.70. The summed E-state index contributed by atoms with van der Waals surface area (Å²) in [4.78, 5) is 0. The third-order valence-corrected chi connectivity index (χ3v) is 3.36. The van der Waals surface area contributed by atoms with Crippen LogP contribution in [0.5, 0.6) is 0 Å². The van der Waals surface area contributed by atoms with Gasteiger partial charge in [-0.05, 0) is 18.9 Å². The van der Waals surface area contributed by atoms with Crippen LogP contribution in [0.2, 0.25) is 0 Å². The average Bonchev–Trinajstić information content (AvgIpc) is 2.86. The van der Waals surface area contributed by atoms with Crippen LogP contribution < -0.4 is 5.73 Å². The summed E-state index contributed by atoms with van der Waals surface area (Å²) in [6, 6.07) is 8.59. The van der Waals surface area contributed by atoms with Crippen LogP contribution in [0.25, 0.3) is 0 Å². The van der Waals surface area contributed by atoms with Gasteiger partial charge in [-0.2, -0.15) is 0 Å². The molecule has 1 aromatic carbocycles. The second-order valence-electron chi connectivity index (χ2n) is 4.87. The van der Waals surface area contributed by atoms with Crippen molar-refractivity contribution in [3.05, 3.63) is 47.0 Å². The van der Waals surface area contributed by atoms with Crippen LogP contribution in [0, 0.1) is 6.92 Å².